The number of aryl methyl sites for hydroxylation is 1. The Kier molecular flexibility index (Phi) is 9.40. The monoisotopic (exact) mass is 738 g/mol. The summed E-state index contributed by atoms with van der Waals surface area (Å²) in [5.41, 5.74) is 10.2. The van der Waals surface area contributed by atoms with E-state index >= 15 is 0 Å². The molecule has 0 bridgehead atoms. The number of aromatic amines is 1. The number of piperidine rings is 1. The van der Waals surface area contributed by atoms with E-state index in [1.54, 1.807) is 4.57 Å². The summed E-state index contributed by atoms with van der Waals surface area (Å²) >= 11 is 0. The van der Waals surface area contributed by atoms with Gasteiger partial charge in [0.2, 0.25) is 17.7 Å². The Morgan fingerprint density at radius 2 is 1.76 bits per heavy atom. The molecule has 13 nitrogen and oxygen atoms in total. The van der Waals surface area contributed by atoms with Crippen molar-refractivity contribution < 1.29 is 9.53 Å². The SMILES string of the molecule is Cc1c(-c2ccc3cnc(Nc4ccc(CN5CCN(C(=O)CN6CCC(c7cccc8[nH]c(=O)n(C)c78)CC6)CC5)cc4)nc3c2)cnc2c1NCCO2. The number of rotatable bonds is 8. The van der Waals surface area contributed by atoms with Crippen LogP contribution in [0.4, 0.5) is 17.3 Å². The fourth-order valence-electron chi connectivity index (χ4n) is 8.36. The van der Waals surface area contributed by atoms with Crippen LogP contribution in [-0.4, -0.2) is 104 Å². The first kappa shape index (κ1) is 34.9. The van der Waals surface area contributed by atoms with E-state index in [9.17, 15) is 9.59 Å². The fraction of sp³-hybridized carbons (Fsp3) is 0.357. The molecule has 0 unspecified atom stereocenters. The minimum absolute atomic E-state index is 0.0796. The summed E-state index contributed by atoms with van der Waals surface area (Å²) in [4.78, 5) is 49.2. The lowest BCUT2D eigenvalue weighted by atomic mass is 9.88. The van der Waals surface area contributed by atoms with Gasteiger partial charge in [0.1, 0.15) is 12.3 Å². The second-order valence-corrected chi connectivity index (χ2v) is 15.0. The van der Waals surface area contributed by atoms with Gasteiger partial charge < -0.3 is 25.3 Å². The molecule has 13 heteroatoms. The molecular weight excluding hydrogens is 693 g/mol. The highest BCUT2D eigenvalue weighted by Crippen LogP contribution is 2.36. The van der Waals surface area contributed by atoms with E-state index in [-0.39, 0.29) is 11.6 Å². The number of carbonyl (C=O) groups is 1. The van der Waals surface area contributed by atoms with E-state index in [2.05, 4.69) is 84.8 Å². The van der Waals surface area contributed by atoms with Gasteiger partial charge in [0.05, 0.1) is 23.1 Å². The molecule has 0 radical (unpaired) electrons. The van der Waals surface area contributed by atoms with Crippen LogP contribution in [0.2, 0.25) is 0 Å². The number of ether oxygens (including phenoxy) is 1. The molecule has 0 saturated carbocycles. The molecule has 6 heterocycles. The van der Waals surface area contributed by atoms with Crippen LogP contribution in [0.3, 0.4) is 0 Å². The fourth-order valence-corrected chi connectivity index (χ4v) is 8.36. The zero-order valence-electron chi connectivity index (χ0n) is 31.3. The van der Waals surface area contributed by atoms with Gasteiger partial charge in [-0.1, -0.05) is 36.4 Å². The lowest BCUT2D eigenvalue weighted by Gasteiger charge is -2.37. The van der Waals surface area contributed by atoms with Crippen LogP contribution in [0.5, 0.6) is 5.88 Å². The molecule has 282 valence electrons. The molecule has 9 rings (SSSR count). The first-order chi connectivity index (χ1) is 26.9. The van der Waals surface area contributed by atoms with Crippen LogP contribution in [0.25, 0.3) is 33.1 Å². The molecule has 0 aliphatic carbocycles. The standard InChI is InChI=1S/C42H46N10O3/c1-27-34(24-44-40-38(27)43-14-21-55-40)30-8-9-31-23-45-41(47-36(31)22-30)46-32-10-6-28(7-11-32)25-51-17-19-52(20-18-51)37(53)26-50-15-12-29(13-16-50)33-4-3-5-35-39(33)49(2)42(54)48-35/h3-11,22-24,29,43H,12-21,25-26H2,1-2H3,(H,48,54)(H,45,46,47). The third-order valence-electron chi connectivity index (χ3n) is 11.5. The number of fused-ring (bicyclic) bond motifs is 3. The third-order valence-corrected chi connectivity index (χ3v) is 11.5. The Morgan fingerprint density at radius 3 is 2.58 bits per heavy atom. The molecule has 3 aromatic carbocycles. The Bertz CT molecular complexity index is 2430. The van der Waals surface area contributed by atoms with Crippen LogP contribution < -0.4 is 21.1 Å². The number of nitrogens with zero attached hydrogens (tertiary/aromatic N) is 7. The maximum atomic E-state index is 13.3. The quantitative estimate of drug-likeness (QED) is 0.190. The summed E-state index contributed by atoms with van der Waals surface area (Å²) in [6.07, 6.45) is 5.68. The summed E-state index contributed by atoms with van der Waals surface area (Å²) in [5, 5.41) is 7.76. The van der Waals surface area contributed by atoms with Gasteiger partial charge in [-0.25, -0.2) is 19.7 Å². The van der Waals surface area contributed by atoms with Crippen LogP contribution in [0.1, 0.15) is 35.4 Å². The minimum atomic E-state index is -0.0796. The predicted molar refractivity (Wildman–Crippen MR) is 215 cm³/mol. The Labute approximate surface area is 319 Å². The number of imidazole rings is 1. The number of piperazine rings is 1. The van der Waals surface area contributed by atoms with Gasteiger partial charge in [-0.05, 0) is 85.3 Å². The third kappa shape index (κ3) is 7.12. The Balaban J connectivity index is 0.755. The number of nitrogens with one attached hydrogen (secondary N) is 3. The molecule has 3 aliphatic rings. The number of carbonyl (C=O) groups excluding carboxylic acids is 1. The van der Waals surface area contributed by atoms with E-state index in [0.29, 0.717) is 30.9 Å². The number of likely N-dealkylation sites (tertiary alicyclic amines) is 1. The molecule has 1 amide bonds. The largest absolute Gasteiger partial charge is 0.474 e. The highest BCUT2D eigenvalue weighted by Gasteiger charge is 2.27. The summed E-state index contributed by atoms with van der Waals surface area (Å²) in [6.45, 7) is 9.73. The summed E-state index contributed by atoms with van der Waals surface area (Å²) in [6, 6.07) is 20.8. The van der Waals surface area contributed by atoms with Gasteiger partial charge in [-0.2, -0.15) is 0 Å². The van der Waals surface area contributed by atoms with Crippen molar-refractivity contribution in [2.24, 2.45) is 7.05 Å². The maximum absolute atomic E-state index is 13.3. The Morgan fingerprint density at radius 1 is 0.945 bits per heavy atom. The van der Waals surface area contributed by atoms with Crippen LogP contribution in [0.15, 0.2) is 77.9 Å². The number of hydrogen-bond donors (Lipinski definition) is 3. The van der Waals surface area contributed by atoms with Crippen molar-refractivity contribution in [1.82, 2.24) is 39.2 Å². The first-order valence-corrected chi connectivity index (χ1v) is 19.3. The molecule has 55 heavy (non-hydrogen) atoms. The Hall–Kier alpha value is -5.79. The van der Waals surface area contributed by atoms with Crippen molar-refractivity contribution in [1.29, 1.82) is 0 Å². The molecule has 3 N–H and O–H groups in total. The van der Waals surface area contributed by atoms with Crippen molar-refractivity contribution >= 4 is 45.2 Å². The van der Waals surface area contributed by atoms with Crippen molar-refractivity contribution in [2.45, 2.75) is 32.2 Å². The number of hydrogen-bond acceptors (Lipinski definition) is 10. The van der Waals surface area contributed by atoms with E-state index in [0.717, 1.165) is 115 Å². The highest BCUT2D eigenvalue weighted by atomic mass is 16.5. The molecule has 0 spiro atoms. The lowest BCUT2D eigenvalue weighted by molar-refractivity contribution is -0.134. The highest BCUT2D eigenvalue weighted by molar-refractivity contribution is 5.86. The van der Waals surface area contributed by atoms with Gasteiger partial charge >= 0.3 is 5.69 Å². The average molecular weight is 739 g/mol. The molecule has 0 atom stereocenters. The van der Waals surface area contributed by atoms with Crippen molar-refractivity contribution in [2.75, 3.05) is 69.6 Å². The number of H-pyrrole nitrogens is 1. The van der Waals surface area contributed by atoms with Crippen LogP contribution in [-0.2, 0) is 18.4 Å². The van der Waals surface area contributed by atoms with E-state index in [1.165, 1.54) is 11.1 Å². The zero-order valence-corrected chi connectivity index (χ0v) is 31.3. The van der Waals surface area contributed by atoms with Gasteiger partial charge in [-0.15, -0.1) is 0 Å². The topological polar surface area (TPSA) is 137 Å². The van der Waals surface area contributed by atoms with E-state index < -0.39 is 0 Å². The normalized spacial score (nSPS) is 16.9. The molecular formula is C42H46N10O3. The average Bonchev–Trinajstić information content (AvgIpc) is 3.51. The summed E-state index contributed by atoms with van der Waals surface area (Å²) < 4.78 is 7.43. The number of amides is 1. The zero-order chi connectivity index (χ0) is 37.5. The number of aromatic nitrogens is 5. The van der Waals surface area contributed by atoms with Gasteiger partial charge in [0, 0.05) is 75.3 Å². The van der Waals surface area contributed by atoms with Gasteiger partial charge in [0.15, 0.2) is 0 Å². The van der Waals surface area contributed by atoms with Crippen molar-refractivity contribution in [3.8, 4) is 17.0 Å². The van der Waals surface area contributed by atoms with Gasteiger partial charge in [-0.3, -0.25) is 19.2 Å². The number of benzene rings is 3. The second-order valence-electron chi connectivity index (χ2n) is 15.0. The van der Waals surface area contributed by atoms with E-state index in [1.807, 2.05) is 42.5 Å². The first-order valence-electron chi connectivity index (χ1n) is 19.3. The number of anilines is 3. The second kappa shape index (κ2) is 14.8. The molecule has 6 aromatic rings. The van der Waals surface area contributed by atoms with Crippen molar-refractivity contribution in [3.05, 3.63) is 100 Å². The van der Waals surface area contributed by atoms with Gasteiger partial charge in [0.25, 0.3) is 0 Å². The minimum Gasteiger partial charge on any atom is -0.474 e. The summed E-state index contributed by atoms with van der Waals surface area (Å²) in [7, 11) is 1.83. The molecule has 2 saturated heterocycles. The molecule has 3 aromatic heterocycles. The van der Waals surface area contributed by atoms with E-state index in [4.69, 9.17) is 9.72 Å². The molecule has 3 aliphatic heterocycles. The lowest BCUT2D eigenvalue weighted by Crippen LogP contribution is -2.51. The maximum Gasteiger partial charge on any atom is 0.326 e. The van der Waals surface area contributed by atoms with Crippen molar-refractivity contribution in [3.63, 3.8) is 0 Å². The smallest absolute Gasteiger partial charge is 0.326 e. The van der Waals surface area contributed by atoms with Crippen LogP contribution >= 0.6 is 0 Å². The van der Waals surface area contributed by atoms with Crippen LogP contribution in [0, 0.1) is 6.92 Å². The summed E-state index contributed by atoms with van der Waals surface area (Å²) in [5.74, 6) is 1.80. The predicted octanol–water partition coefficient (Wildman–Crippen LogP) is 5.25. The molecule has 2 fully saturated rings. The number of pyridine rings is 1. The number of para-hydroxylation sites is 1.